The van der Waals surface area contributed by atoms with Gasteiger partial charge in [0.05, 0.1) is 17.7 Å². The van der Waals surface area contributed by atoms with E-state index in [1.165, 1.54) is 10.4 Å². The van der Waals surface area contributed by atoms with E-state index in [9.17, 15) is 5.26 Å². The topological polar surface area (TPSA) is 45.4 Å². The normalized spacial score (nSPS) is 16.9. The minimum atomic E-state index is 0.436. The maximum absolute atomic E-state index is 9.53. The van der Waals surface area contributed by atoms with Crippen LogP contribution in [0.1, 0.15) is 34.9 Å². The van der Waals surface area contributed by atoms with E-state index >= 15 is 0 Å². The van der Waals surface area contributed by atoms with E-state index in [0.717, 1.165) is 24.3 Å². The van der Waals surface area contributed by atoms with Gasteiger partial charge in [0.15, 0.2) is 0 Å². The molecule has 1 aromatic carbocycles. The second-order valence-corrected chi connectivity index (χ2v) is 7.84. The Balaban J connectivity index is 2.01. The molecule has 0 saturated heterocycles. The van der Waals surface area contributed by atoms with Gasteiger partial charge in [-0.25, -0.2) is 4.99 Å². The third-order valence-corrected chi connectivity index (χ3v) is 5.83. The van der Waals surface area contributed by atoms with Crippen molar-refractivity contribution in [3.63, 3.8) is 0 Å². The van der Waals surface area contributed by atoms with Crippen LogP contribution < -0.4 is 4.74 Å². The molecule has 1 heterocycles. The fourth-order valence-electron chi connectivity index (χ4n) is 2.96. The third-order valence-electron chi connectivity index (χ3n) is 4.17. The Bertz CT molecular complexity index is 852. The Hall–Kier alpha value is -1.54. The lowest BCUT2D eigenvalue weighted by Crippen LogP contribution is -2.09. The Morgan fingerprint density at radius 1 is 1.42 bits per heavy atom. The van der Waals surface area contributed by atoms with Crippen LogP contribution in [0.25, 0.3) is 0 Å². The van der Waals surface area contributed by atoms with Crippen LogP contribution in [0, 0.1) is 17.2 Å². The molecule has 0 amide bonds. The minimum absolute atomic E-state index is 0.436. The molecule has 3 rings (SSSR count). The van der Waals surface area contributed by atoms with Crippen molar-refractivity contribution in [3.8, 4) is 11.8 Å². The standard InChI is InChI=1S/C18H16Cl2N2OS/c1-10-3-4-13-14(8-21)18(24-16(13)5-10)22-9-11-6-12(19)7-15(20)17(11)23-2/h6-7,9-10H,3-5H2,1-2H3/b22-9+. The number of hydrogen-bond donors (Lipinski definition) is 0. The van der Waals surface area contributed by atoms with Crippen molar-refractivity contribution in [2.24, 2.45) is 10.9 Å². The molecule has 0 spiro atoms. The molecule has 124 valence electrons. The molecule has 0 N–H and O–H groups in total. The lowest BCUT2D eigenvalue weighted by Gasteiger charge is -2.17. The smallest absolute Gasteiger partial charge is 0.146 e. The number of rotatable bonds is 3. The van der Waals surface area contributed by atoms with Crippen molar-refractivity contribution in [2.45, 2.75) is 26.2 Å². The fourth-order valence-corrected chi connectivity index (χ4v) is 4.85. The SMILES string of the molecule is COc1c(Cl)cc(Cl)cc1/C=N/c1sc2c(c1C#N)CCC(C)C2. The van der Waals surface area contributed by atoms with Gasteiger partial charge >= 0.3 is 0 Å². The molecule has 0 saturated carbocycles. The molecule has 6 heteroatoms. The summed E-state index contributed by atoms with van der Waals surface area (Å²) in [4.78, 5) is 5.83. The lowest BCUT2D eigenvalue weighted by atomic mass is 9.89. The van der Waals surface area contributed by atoms with Crippen molar-refractivity contribution in [1.29, 1.82) is 5.26 Å². The van der Waals surface area contributed by atoms with Crippen molar-refractivity contribution >= 4 is 45.8 Å². The molecule has 1 aromatic heterocycles. The Labute approximate surface area is 155 Å². The first-order valence-corrected chi connectivity index (χ1v) is 9.22. The zero-order chi connectivity index (χ0) is 17.3. The number of fused-ring (bicyclic) bond motifs is 1. The highest BCUT2D eigenvalue weighted by Gasteiger charge is 2.23. The highest BCUT2D eigenvalue weighted by molar-refractivity contribution is 7.16. The molecule has 0 bridgehead atoms. The molecule has 1 aliphatic rings. The third kappa shape index (κ3) is 3.30. The average molecular weight is 379 g/mol. The summed E-state index contributed by atoms with van der Waals surface area (Å²) >= 11 is 13.8. The van der Waals surface area contributed by atoms with Gasteiger partial charge in [-0.3, -0.25) is 0 Å². The molecule has 0 aliphatic heterocycles. The van der Waals surface area contributed by atoms with Gasteiger partial charge in [-0.05, 0) is 42.9 Å². The number of ether oxygens (including phenoxy) is 1. The number of methoxy groups -OCH3 is 1. The molecule has 0 fully saturated rings. The summed E-state index contributed by atoms with van der Waals surface area (Å²) in [6.07, 6.45) is 4.77. The summed E-state index contributed by atoms with van der Waals surface area (Å²) in [6, 6.07) is 5.70. The number of hydrogen-bond acceptors (Lipinski definition) is 4. The maximum atomic E-state index is 9.53. The minimum Gasteiger partial charge on any atom is -0.495 e. The largest absolute Gasteiger partial charge is 0.495 e. The lowest BCUT2D eigenvalue weighted by molar-refractivity contribution is 0.414. The van der Waals surface area contributed by atoms with E-state index in [1.54, 1.807) is 36.8 Å². The van der Waals surface area contributed by atoms with Gasteiger partial charge in [0.25, 0.3) is 0 Å². The summed E-state index contributed by atoms with van der Waals surface area (Å²) in [6.45, 7) is 2.25. The molecule has 1 unspecified atom stereocenters. The molecule has 2 aromatic rings. The van der Waals surface area contributed by atoms with Crippen LogP contribution in [0.2, 0.25) is 10.0 Å². The molecule has 24 heavy (non-hydrogen) atoms. The summed E-state index contributed by atoms with van der Waals surface area (Å²) in [5.74, 6) is 1.18. The van der Waals surface area contributed by atoms with Gasteiger partial charge in [-0.15, -0.1) is 11.3 Å². The van der Waals surface area contributed by atoms with Crippen molar-refractivity contribution < 1.29 is 4.74 Å². The molecule has 0 radical (unpaired) electrons. The number of nitriles is 1. The van der Waals surface area contributed by atoms with E-state index < -0.39 is 0 Å². The first-order chi connectivity index (χ1) is 11.5. The number of nitrogens with zero attached hydrogens (tertiary/aromatic N) is 2. The monoisotopic (exact) mass is 378 g/mol. The fraction of sp³-hybridized carbons (Fsp3) is 0.333. The molecular formula is C18H16Cl2N2OS. The van der Waals surface area contributed by atoms with Gasteiger partial charge in [-0.1, -0.05) is 30.1 Å². The first kappa shape index (κ1) is 17.3. The summed E-state index contributed by atoms with van der Waals surface area (Å²) in [5.41, 5.74) is 2.56. The summed E-state index contributed by atoms with van der Waals surface area (Å²) in [7, 11) is 1.55. The predicted molar refractivity (Wildman–Crippen MR) is 100 cm³/mol. The van der Waals surface area contributed by atoms with E-state index in [4.69, 9.17) is 27.9 Å². The maximum Gasteiger partial charge on any atom is 0.146 e. The number of aliphatic imine (C=N–C) groups is 1. The van der Waals surface area contributed by atoms with Crippen LogP contribution in [0.3, 0.4) is 0 Å². The van der Waals surface area contributed by atoms with E-state index in [-0.39, 0.29) is 0 Å². The molecule has 1 atom stereocenters. The van der Waals surface area contributed by atoms with Gasteiger partial charge in [0, 0.05) is 21.7 Å². The second kappa shape index (κ2) is 7.14. The van der Waals surface area contributed by atoms with Crippen molar-refractivity contribution in [1.82, 2.24) is 0 Å². The summed E-state index contributed by atoms with van der Waals surface area (Å²) < 4.78 is 5.33. The van der Waals surface area contributed by atoms with E-state index in [1.807, 2.05) is 0 Å². The zero-order valence-electron chi connectivity index (χ0n) is 13.4. The Kier molecular flexibility index (Phi) is 5.15. The number of thiophene rings is 1. The van der Waals surface area contributed by atoms with Crippen LogP contribution in [-0.4, -0.2) is 13.3 Å². The van der Waals surface area contributed by atoms with Gasteiger partial charge in [0.1, 0.15) is 16.8 Å². The zero-order valence-corrected chi connectivity index (χ0v) is 15.7. The molecular weight excluding hydrogens is 363 g/mol. The van der Waals surface area contributed by atoms with Crippen LogP contribution in [0.15, 0.2) is 17.1 Å². The van der Waals surface area contributed by atoms with Crippen LogP contribution in [-0.2, 0) is 12.8 Å². The average Bonchev–Trinajstić information content (AvgIpc) is 2.88. The van der Waals surface area contributed by atoms with Crippen LogP contribution >= 0.6 is 34.5 Å². The Morgan fingerprint density at radius 2 is 2.21 bits per heavy atom. The molecule has 3 nitrogen and oxygen atoms in total. The van der Waals surface area contributed by atoms with Crippen LogP contribution in [0.4, 0.5) is 5.00 Å². The van der Waals surface area contributed by atoms with Gasteiger partial charge in [0.2, 0.25) is 0 Å². The summed E-state index contributed by atoms with van der Waals surface area (Å²) in [5, 5.41) is 11.2. The molecule has 1 aliphatic carbocycles. The number of halogens is 2. The van der Waals surface area contributed by atoms with Gasteiger partial charge < -0.3 is 4.74 Å². The highest BCUT2D eigenvalue weighted by Crippen LogP contribution is 2.41. The number of benzene rings is 1. The highest BCUT2D eigenvalue weighted by atomic mass is 35.5. The van der Waals surface area contributed by atoms with Crippen molar-refractivity contribution in [3.05, 3.63) is 43.7 Å². The predicted octanol–water partition coefficient (Wildman–Crippen LogP) is 5.81. The second-order valence-electron chi connectivity index (χ2n) is 5.91. The van der Waals surface area contributed by atoms with E-state index in [0.29, 0.717) is 32.8 Å². The van der Waals surface area contributed by atoms with E-state index in [2.05, 4.69) is 18.0 Å². The quantitative estimate of drug-likeness (QED) is 0.632. The van der Waals surface area contributed by atoms with Crippen LogP contribution in [0.5, 0.6) is 5.75 Å². The Morgan fingerprint density at radius 3 is 2.92 bits per heavy atom. The van der Waals surface area contributed by atoms with Gasteiger partial charge in [-0.2, -0.15) is 5.26 Å². The first-order valence-electron chi connectivity index (χ1n) is 7.65. The van der Waals surface area contributed by atoms with Crippen molar-refractivity contribution in [2.75, 3.05) is 7.11 Å².